The molecule has 1 atom stereocenters. The highest BCUT2D eigenvalue weighted by molar-refractivity contribution is 6.14. The van der Waals surface area contributed by atoms with Crippen molar-refractivity contribution >= 4 is 56.1 Å². The summed E-state index contributed by atoms with van der Waals surface area (Å²) in [5.41, 5.74) is 24.4. The Morgan fingerprint density at radius 2 is 0.744 bits per heavy atom. The molecular formula is C79H54N2O. The van der Waals surface area contributed by atoms with Crippen molar-refractivity contribution in [1.82, 2.24) is 0 Å². The maximum Gasteiger partial charge on any atom is 0.143 e. The SMILES string of the molecule is C=C/C=C\C1=C(N(c2ccc(-c3ccccc3)cc2)c2ccc(-c3ccccc3)cc2)c2c(N(c3ccc(-c4ccccc4)cc3)c3ccc(-c4ccccc4)cc3)cccc2C12c1ccccc1-c1c2ccc2c1oc1ccccc12. The zero-order chi connectivity index (χ0) is 54.6. The first-order valence-corrected chi connectivity index (χ1v) is 28.1. The number of furan rings is 1. The van der Waals surface area contributed by atoms with E-state index in [2.05, 4.69) is 326 Å². The number of fused-ring (bicyclic) bond motifs is 11. The van der Waals surface area contributed by atoms with E-state index in [4.69, 9.17) is 4.42 Å². The van der Waals surface area contributed by atoms with Crippen LogP contribution in [0.5, 0.6) is 0 Å². The lowest BCUT2D eigenvalue weighted by molar-refractivity contribution is 0.669. The van der Waals surface area contributed by atoms with Gasteiger partial charge in [0.1, 0.15) is 11.2 Å². The van der Waals surface area contributed by atoms with E-state index >= 15 is 0 Å². The fraction of sp³-hybridized carbons (Fsp3) is 0.0127. The Balaban J connectivity index is 1.06. The van der Waals surface area contributed by atoms with Gasteiger partial charge in [0.15, 0.2) is 0 Å². The fourth-order valence-electron chi connectivity index (χ4n) is 13.0. The van der Waals surface area contributed by atoms with Crippen LogP contribution in [0.2, 0.25) is 0 Å². The van der Waals surface area contributed by atoms with Gasteiger partial charge in [0.2, 0.25) is 0 Å². The first kappa shape index (κ1) is 48.4. The van der Waals surface area contributed by atoms with Crippen molar-refractivity contribution in [2.75, 3.05) is 9.80 Å². The summed E-state index contributed by atoms with van der Waals surface area (Å²) in [5, 5.41) is 2.20. The van der Waals surface area contributed by atoms with Crippen LogP contribution >= 0.6 is 0 Å². The second kappa shape index (κ2) is 20.2. The van der Waals surface area contributed by atoms with Gasteiger partial charge < -0.3 is 14.2 Å². The standard InChI is InChI=1S/C79H54N2O/c1-2-3-31-72-77(81(64-48-40-60(41-49-64)56-25-12-6-13-26-56)65-50-42-61(43-51-65)57-27-14-7-15-28-57)76-70(79(72)69-32-18-16-30-68(69)75-71(79)53-52-67-66-29-17-19-35-74(66)82-78(67)75)33-20-34-73(76)80(62-44-36-58(37-45-62)54-21-8-4-9-22-54)63-46-38-59(39-47-63)55-23-10-5-11-24-55/h2-53H,1H2/b31-3-. The number of benzene rings is 12. The third kappa shape index (κ3) is 7.89. The Bertz CT molecular complexity index is 4410. The molecule has 0 amide bonds. The van der Waals surface area contributed by atoms with Gasteiger partial charge in [0.25, 0.3) is 0 Å². The molecule has 13 aromatic rings. The van der Waals surface area contributed by atoms with E-state index in [1.807, 2.05) is 6.08 Å². The Morgan fingerprint density at radius 3 is 1.24 bits per heavy atom. The molecule has 82 heavy (non-hydrogen) atoms. The summed E-state index contributed by atoms with van der Waals surface area (Å²) in [6, 6.07) is 108. The minimum atomic E-state index is -0.842. The van der Waals surface area contributed by atoms with Crippen molar-refractivity contribution in [3.8, 4) is 55.6 Å². The molecule has 3 heteroatoms. The monoisotopic (exact) mass is 1050 g/mol. The molecule has 0 saturated carbocycles. The van der Waals surface area contributed by atoms with Gasteiger partial charge in [-0.05, 0) is 133 Å². The van der Waals surface area contributed by atoms with Gasteiger partial charge in [0, 0.05) is 44.6 Å². The zero-order valence-corrected chi connectivity index (χ0v) is 45.0. The number of rotatable bonds is 12. The Hall–Kier alpha value is -10.7. The summed E-state index contributed by atoms with van der Waals surface area (Å²) >= 11 is 0. The van der Waals surface area contributed by atoms with Crippen LogP contribution in [-0.4, -0.2) is 0 Å². The second-order valence-corrected chi connectivity index (χ2v) is 21.1. The molecule has 15 rings (SSSR count). The molecule has 0 bridgehead atoms. The lowest BCUT2D eigenvalue weighted by Crippen LogP contribution is -2.27. The molecular weight excluding hydrogens is 993 g/mol. The number of nitrogens with zero attached hydrogens (tertiary/aromatic N) is 2. The number of para-hydroxylation sites is 1. The molecule has 0 saturated heterocycles. The van der Waals surface area contributed by atoms with Crippen LogP contribution in [0, 0.1) is 0 Å². The van der Waals surface area contributed by atoms with Crippen LogP contribution < -0.4 is 9.80 Å². The highest BCUT2D eigenvalue weighted by atomic mass is 16.3. The van der Waals surface area contributed by atoms with Gasteiger partial charge in [-0.25, -0.2) is 0 Å². The summed E-state index contributed by atoms with van der Waals surface area (Å²) in [4.78, 5) is 4.98. The third-order valence-electron chi connectivity index (χ3n) is 16.7. The van der Waals surface area contributed by atoms with Gasteiger partial charge in [0.05, 0.1) is 16.8 Å². The second-order valence-electron chi connectivity index (χ2n) is 21.1. The van der Waals surface area contributed by atoms with E-state index < -0.39 is 5.41 Å². The lowest BCUT2D eigenvalue weighted by Gasteiger charge is -2.33. The minimum Gasteiger partial charge on any atom is -0.455 e. The molecule has 0 aliphatic heterocycles. The molecule has 1 unspecified atom stereocenters. The first-order chi connectivity index (χ1) is 40.7. The Labute approximate surface area is 478 Å². The normalized spacial score (nSPS) is 14.1. The quantitative estimate of drug-likeness (QED) is 0.114. The summed E-state index contributed by atoms with van der Waals surface area (Å²) < 4.78 is 7.06. The summed E-state index contributed by atoms with van der Waals surface area (Å²) in [5.74, 6) is 0. The molecule has 386 valence electrons. The first-order valence-electron chi connectivity index (χ1n) is 28.1. The van der Waals surface area contributed by atoms with Gasteiger partial charge in [-0.3, -0.25) is 0 Å². The minimum absolute atomic E-state index is 0.842. The largest absolute Gasteiger partial charge is 0.455 e. The molecule has 3 nitrogen and oxygen atoms in total. The highest BCUT2D eigenvalue weighted by Gasteiger charge is 2.55. The number of hydrogen-bond donors (Lipinski definition) is 0. The number of anilines is 5. The van der Waals surface area contributed by atoms with Crippen molar-refractivity contribution < 1.29 is 4.42 Å². The molecule has 1 heterocycles. The molecule has 1 aromatic heterocycles. The van der Waals surface area contributed by atoms with E-state index in [1.54, 1.807) is 0 Å². The Morgan fingerprint density at radius 1 is 0.329 bits per heavy atom. The summed E-state index contributed by atoms with van der Waals surface area (Å²) in [7, 11) is 0. The summed E-state index contributed by atoms with van der Waals surface area (Å²) in [6.45, 7) is 4.34. The van der Waals surface area contributed by atoms with E-state index in [-0.39, 0.29) is 0 Å². The van der Waals surface area contributed by atoms with Crippen molar-refractivity contribution in [3.05, 3.63) is 350 Å². The van der Waals surface area contributed by atoms with E-state index in [9.17, 15) is 0 Å². The van der Waals surface area contributed by atoms with Crippen LogP contribution in [0.4, 0.5) is 28.4 Å². The van der Waals surface area contributed by atoms with Crippen molar-refractivity contribution in [2.24, 2.45) is 0 Å². The Kier molecular flexibility index (Phi) is 11.9. The highest BCUT2D eigenvalue weighted by Crippen LogP contribution is 2.66. The average molecular weight is 1050 g/mol. The van der Waals surface area contributed by atoms with Crippen LogP contribution in [0.25, 0.3) is 83.3 Å². The predicted molar refractivity (Wildman–Crippen MR) is 343 cm³/mol. The molecule has 0 radical (unpaired) electrons. The fourth-order valence-corrected chi connectivity index (χ4v) is 13.0. The van der Waals surface area contributed by atoms with Crippen molar-refractivity contribution in [3.63, 3.8) is 0 Å². The number of allylic oxidation sites excluding steroid dienone is 4. The molecule has 0 N–H and O–H groups in total. The topological polar surface area (TPSA) is 19.6 Å². The summed E-state index contributed by atoms with van der Waals surface area (Å²) in [6.07, 6.45) is 6.37. The number of hydrogen-bond acceptors (Lipinski definition) is 3. The van der Waals surface area contributed by atoms with Crippen LogP contribution in [-0.2, 0) is 5.41 Å². The maximum atomic E-state index is 7.06. The van der Waals surface area contributed by atoms with Gasteiger partial charge in [-0.2, -0.15) is 0 Å². The van der Waals surface area contributed by atoms with E-state index in [1.165, 1.54) is 27.8 Å². The molecule has 0 fully saturated rings. The molecule has 12 aromatic carbocycles. The van der Waals surface area contributed by atoms with Gasteiger partial charge >= 0.3 is 0 Å². The van der Waals surface area contributed by atoms with Gasteiger partial charge in [-0.1, -0.05) is 261 Å². The van der Waals surface area contributed by atoms with E-state index in [0.29, 0.717) is 0 Å². The molecule has 2 aliphatic carbocycles. The molecule has 2 aliphatic rings. The van der Waals surface area contributed by atoms with Crippen molar-refractivity contribution in [2.45, 2.75) is 5.41 Å². The third-order valence-corrected chi connectivity index (χ3v) is 16.7. The van der Waals surface area contributed by atoms with Crippen LogP contribution in [0.3, 0.4) is 0 Å². The maximum absolute atomic E-state index is 7.06. The van der Waals surface area contributed by atoms with Crippen molar-refractivity contribution in [1.29, 1.82) is 0 Å². The van der Waals surface area contributed by atoms with Gasteiger partial charge in [-0.15, -0.1) is 0 Å². The van der Waals surface area contributed by atoms with Crippen LogP contribution in [0.15, 0.2) is 332 Å². The lowest BCUT2D eigenvalue weighted by atomic mass is 9.69. The zero-order valence-electron chi connectivity index (χ0n) is 45.0. The van der Waals surface area contributed by atoms with E-state index in [0.717, 1.165) is 112 Å². The van der Waals surface area contributed by atoms with Crippen LogP contribution in [0.1, 0.15) is 22.3 Å². The average Bonchev–Trinajstić information content (AvgIpc) is 1.64. The predicted octanol–water partition coefficient (Wildman–Crippen LogP) is 21.3. The smallest absolute Gasteiger partial charge is 0.143 e. The molecule has 1 spiro atoms.